The lowest BCUT2D eigenvalue weighted by molar-refractivity contribution is 0.484. The highest BCUT2D eigenvalue weighted by Crippen LogP contribution is 2.40. The van der Waals surface area contributed by atoms with Gasteiger partial charge in [-0.2, -0.15) is 0 Å². The van der Waals surface area contributed by atoms with E-state index in [0.717, 1.165) is 10.6 Å². The Morgan fingerprint density at radius 1 is 1.16 bits per heavy atom. The van der Waals surface area contributed by atoms with Crippen molar-refractivity contribution in [2.24, 2.45) is 4.99 Å². The second-order valence-electron chi connectivity index (χ2n) is 5.08. The maximum Gasteiger partial charge on any atom is 0.215 e. The number of guanidine groups is 1. The SMILES string of the molecule is Clc1ccccc1Oc1cccc2c1NC(=NCc1ncco1)NS2. The lowest BCUT2D eigenvalue weighted by Gasteiger charge is -2.22. The summed E-state index contributed by atoms with van der Waals surface area (Å²) in [6, 6.07) is 13.2. The topological polar surface area (TPSA) is 71.7 Å². The van der Waals surface area contributed by atoms with Crippen LogP contribution < -0.4 is 14.8 Å². The van der Waals surface area contributed by atoms with Crippen LogP contribution in [-0.2, 0) is 6.54 Å². The highest BCUT2D eigenvalue weighted by Gasteiger charge is 2.19. The Labute approximate surface area is 153 Å². The third-order valence-corrected chi connectivity index (χ3v) is 4.57. The van der Waals surface area contributed by atoms with E-state index in [2.05, 4.69) is 20.0 Å². The number of nitrogens with zero attached hydrogens (tertiary/aromatic N) is 2. The Morgan fingerprint density at radius 2 is 2.04 bits per heavy atom. The number of oxazole rings is 1. The number of anilines is 1. The molecule has 1 aliphatic heterocycles. The minimum Gasteiger partial charge on any atom is -0.454 e. The monoisotopic (exact) mass is 372 g/mol. The number of ether oxygens (including phenoxy) is 1. The van der Waals surface area contributed by atoms with E-state index in [4.69, 9.17) is 20.8 Å². The molecule has 0 saturated carbocycles. The predicted molar refractivity (Wildman–Crippen MR) is 98.2 cm³/mol. The molecule has 0 saturated heterocycles. The number of benzene rings is 2. The summed E-state index contributed by atoms with van der Waals surface area (Å²) in [4.78, 5) is 9.48. The van der Waals surface area contributed by atoms with E-state index in [9.17, 15) is 0 Å². The lowest BCUT2D eigenvalue weighted by atomic mass is 10.3. The number of para-hydroxylation sites is 2. The largest absolute Gasteiger partial charge is 0.454 e. The van der Waals surface area contributed by atoms with E-state index < -0.39 is 0 Å². The minimum atomic E-state index is 0.339. The fraction of sp³-hybridized carbons (Fsp3) is 0.0588. The van der Waals surface area contributed by atoms with Crippen LogP contribution in [0.4, 0.5) is 5.69 Å². The first-order valence-electron chi connectivity index (χ1n) is 7.48. The summed E-state index contributed by atoms with van der Waals surface area (Å²) in [6.45, 7) is 0.339. The third-order valence-electron chi connectivity index (χ3n) is 3.40. The van der Waals surface area contributed by atoms with Crippen LogP contribution in [0.2, 0.25) is 5.02 Å². The Bertz CT molecular complexity index is 915. The van der Waals surface area contributed by atoms with E-state index in [1.54, 1.807) is 12.3 Å². The molecule has 126 valence electrons. The smallest absolute Gasteiger partial charge is 0.215 e. The van der Waals surface area contributed by atoms with Crippen molar-refractivity contribution in [1.29, 1.82) is 0 Å². The number of fused-ring (bicyclic) bond motifs is 1. The zero-order valence-electron chi connectivity index (χ0n) is 12.9. The van der Waals surface area contributed by atoms with Crippen LogP contribution in [0.25, 0.3) is 0 Å². The molecule has 25 heavy (non-hydrogen) atoms. The quantitative estimate of drug-likeness (QED) is 0.647. The van der Waals surface area contributed by atoms with Gasteiger partial charge in [0.1, 0.15) is 18.6 Å². The summed E-state index contributed by atoms with van der Waals surface area (Å²) in [5.74, 6) is 2.42. The first kappa shape index (κ1) is 15.9. The van der Waals surface area contributed by atoms with Gasteiger partial charge in [0.25, 0.3) is 0 Å². The van der Waals surface area contributed by atoms with E-state index in [1.165, 1.54) is 18.2 Å². The van der Waals surface area contributed by atoms with E-state index in [-0.39, 0.29) is 0 Å². The number of aromatic nitrogens is 1. The van der Waals surface area contributed by atoms with Crippen molar-refractivity contribution < 1.29 is 9.15 Å². The molecule has 2 aromatic carbocycles. The molecule has 1 aromatic heterocycles. The molecular formula is C17H13ClN4O2S. The van der Waals surface area contributed by atoms with Gasteiger partial charge in [0.2, 0.25) is 11.9 Å². The molecule has 0 unspecified atom stereocenters. The van der Waals surface area contributed by atoms with Crippen LogP contribution in [0.1, 0.15) is 5.89 Å². The number of rotatable bonds is 4. The van der Waals surface area contributed by atoms with Gasteiger partial charge in [-0.25, -0.2) is 9.98 Å². The zero-order chi connectivity index (χ0) is 17.1. The molecule has 2 N–H and O–H groups in total. The molecule has 4 rings (SSSR count). The molecule has 0 fully saturated rings. The van der Waals surface area contributed by atoms with Gasteiger partial charge in [-0.05, 0) is 36.2 Å². The summed E-state index contributed by atoms with van der Waals surface area (Å²) in [5, 5.41) is 3.80. The van der Waals surface area contributed by atoms with Crippen molar-refractivity contribution in [2.75, 3.05) is 5.32 Å². The Morgan fingerprint density at radius 3 is 2.88 bits per heavy atom. The van der Waals surface area contributed by atoms with Gasteiger partial charge in [-0.15, -0.1) is 0 Å². The van der Waals surface area contributed by atoms with E-state index in [1.807, 2.05) is 36.4 Å². The van der Waals surface area contributed by atoms with Crippen molar-refractivity contribution in [1.82, 2.24) is 9.71 Å². The average molecular weight is 373 g/mol. The van der Waals surface area contributed by atoms with Crippen LogP contribution >= 0.6 is 23.5 Å². The average Bonchev–Trinajstić information content (AvgIpc) is 3.16. The highest BCUT2D eigenvalue weighted by atomic mass is 35.5. The first-order valence-corrected chi connectivity index (χ1v) is 8.67. The van der Waals surface area contributed by atoms with Gasteiger partial charge in [0.05, 0.1) is 21.8 Å². The Balaban J connectivity index is 1.58. The number of aliphatic imine (C=N–C) groups is 1. The van der Waals surface area contributed by atoms with Gasteiger partial charge < -0.3 is 14.5 Å². The molecule has 0 amide bonds. The van der Waals surface area contributed by atoms with Gasteiger partial charge in [0.15, 0.2) is 5.75 Å². The number of hydrogen-bond donors (Lipinski definition) is 2. The van der Waals surface area contributed by atoms with E-state index >= 15 is 0 Å². The number of hydrogen-bond acceptors (Lipinski definition) is 5. The summed E-state index contributed by atoms with van der Waals surface area (Å²) in [7, 11) is 0. The van der Waals surface area contributed by atoms with Crippen molar-refractivity contribution >= 4 is 35.2 Å². The highest BCUT2D eigenvalue weighted by molar-refractivity contribution is 7.98. The molecular weight excluding hydrogens is 360 g/mol. The summed E-state index contributed by atoms with van der Waals surface area (Å²) in [5.41, 5.74) is 0.831. The van der Waals surface area contributed by atoms with Gasteiger partial charge in [-0.3, -0.25) is 4.72 Å². The van der Waals surface area contributed by atoms with Crippen molar-refractivity contribution in [3.63, 3.8) is 0 Å². The number of halogens is 1. The molecule has 3 aromatic rings. The van der Waals surface area contributed by atoms with Crippen molar-refractivity contribution in [3.05, 3.63) is 65.8 Å². The van der Waals surface area contributed by atoms with Crippen LogP contribution in [0.15, 0.2) is 69.2 Å². The molecule has 1 aliphatic rings. The standard InChI is InChI=1S/C17H13ClN4O2S/c18-11-4-1-2-5-12(11)24-13-6-3-7-14-16(13)21-17(22-25-14)20-10-15-19-8-9-23-15/h1-9H,10H2,(H2,20,21,22). The molecule has 6 nitrogen and oxygen atoms in total. The predicted octanol–water partition coefficient (Wildman–Crippen LogP) is 4.70. The normalized spacial score (nSPS) is 14.5. The summed E-state index contributed by atoms with van der Waals surface area (Å²) in [6.07, 6.45) is 3.12. The Hall–Kier alpha value is -2.64. The van der Waals surface area contributed by atoms with E-state index in [0.29, 0.717) is 34.9 Å². The molecule has 0 aliphatic carbocycles. The maximum atomic E-state index is 6.19. The minimum absolute atomic E-state index is 0.339. The Kier molecular flexibility index (Phi) is 4.49. The van der Waals surface area contributed by atoms with Gasteiger partial charge in [0, 0.05) is 0 Å². The molecule has 0 bridgehead atoms. The first-order chi connectivity index (χ1) is 12.3. The zero-order valence-corrected chi connectivity index (χ0v) is 14.5. The fourth-order valence-corrected chi connectivity index (χ4v) is 3.14. The molecule has 0 atom stereocenters. The summed E-state index contributed by atoms with van der Waals surface area (Å²) < 4.78 is 14.3. The van der Waals surface area contributed by atoms with Crippen molar-refractivity contribution in [3.8, 4) is 11.5 Å². The lowest BCUT2D eigenvalue weighted by Crippen LogP contribution is -2.29. The molecule has 0 radical (unpaired) electrons. The van der Waals surface area contributed by atoms with Gasteiger partial charge in [-0.1, -0.05) is 29.8 Å². The van der Waals surface area contributed by atoms with Crippen LogP contribution in [0.5, 0.6) is 11.5 Å². The summed E-state index contributed by atoms with van der Waals surface area (Å²) >= 11 is 7.64. The number of nitrogens with one attached hydrogen (secondary N) is 2. The van der Waals surface area contributed by atoms with Crippen molar-refractivity contribution in [2.45, 2.75) is 11.4 Å². The second kappa shape index (κ2) is 7.08. The molecule has 0 spiro atoms. The molecule has 2 heterocycles. The van der Waals surface area contributed by atoms with Gasteiger partial charge >= 0.3 is 0 Å². The van der Waals surface area contributed by atoms with Crippen LogP contribution in [0.3, 0.4) is 0 Å². The van der Waals surface area contributed by atoms with Crippen LogP contribution in [-0.4, -0.2) is 10.9 Å². The molecule has 8 heteroatoms. The van der Waals surface area contributed by atoms with Crippen LogP contribution in [0, 0.1) is 0 Å². The second-order valence-corrected chi connectivity index (χ2v) is 6.34. The fourth-order valence-electron chi connectivity index (χ4n) is 2.25. The third kappa shape index (κ3) is 3.57. The maximum absolute atomic E-state index is 6.19.